The summed E-state index contributed by atoms with van der Waals surface area (Å²) >= 11 is 5.76. The second kappa shape index (κ2) is 9.56. The van der Waals surface area contributed by atoms with Crippen LogP contribution in [0, 0.1) is 10.1 Å². The molecule has 0 atom stereocenters. The molecule has 1 aromatic heterocycles. The van der Waals surface area contributed by atoms with Crippen molar-refractivity contribution in [1.29, 1.82) is 0 Å². The van der Waals surface area contributed by atoms with Gasteiger partial charge in [0.15, 0.2) is 0 Å². The van der Waals surface area contributed by atoms with E-state index in [-0.39, 0.29) is 27.8 Å². The highest BCUT2D eigenvalue weighted by atomic mass is 35.5. The van der Waals surface area contributed by atoms with Crippen LogP contribution in [0.25, 0.3) is 6.08 Å². The standard InChI is InChI=1S/C20H16ClN3O6S/c21-18-8-6-14(11-19(18)24(26)27)7-9-20(25)23-15-3-1-5-17(12-15)31(28,29)22-13-16-4-2-10-30-16/h1-12,22H,13H2,(H,23,25)/b9-7+. The van der Waals surface area contributed by atoms with E-state index >= 15 is 0 Å². The number of amides is 1. The largest absolute Gasteiger partial charge is 0.468 e. The molecular weight excluding hydrogens is 446 g/mol. The van der Waals surface area contributed by atoms with Crippen LogP contribution >= 0.6 is 11.6 Å². The van der Waals surface area contributed by atoms with Crippen LogP contribution < -0.4 is 10.0 Å². The van der Waals surface area contributed by atoms with Crippen molar-refractivity contribution in [3.63, 3.8) is 0 Å². The van der Waals surface area contributed by atoms with Gasteiger partial charge < -0.3 is 9.73 Å². The quantitative estimate of drug-likeness (QED) is 0.296. The van der Waals surface area contributed by atoms with Gasteiger partial charge in [-0.1, -0.05) is 23.7 Å². The number of anilines is 1. The summed E-state index contributed by atoms with van der Waals surface area (Å²) in [6.45, 7) is -0.0120. The molecule has 11 heteroatoms. The summed E-state index contributed by atoms with van der Waals surface area (Å²) in [4.78, 5) is 22.5. The van der Waals surface area contributed by atoms with E-state index in [1.807, 2.05) is 0 Å². The van der Waals surface area contributed by atoms with E-state index in [1.165, 1.54) is 60.9 Å². The molecule has 0 spiro atoms. The zero-order chi connectivity index (χ0) is 22.4. The molecule has 1 heterocycles. The molecule has 0 aliphatic rings. The fraction of sp³-hybridized carbons (Fsp3) is 0.0500. The van der Waals surface area contributed by atoms with Gasteiger partial charge in [-0.25, -0.2) is 13.1 Å². The summed E-state index contributed by atoms with van der Waals surface area (Å²) in [5.41, 5.74) is 0.395. The number of rotatable bonds is 8. The molecule has 9 nitrogen and oxygen atoms in total. The fourth-order valence-electron chi connectivity index (χ4n) is 2.53. The van der Waals surface area contributed by atoms with Gasteiger partial charge in [-0.15, -0.1) is 0 Å². The van der Waals surface area contributed by atoms with Gasteiger partial charge in [-0.3, -0.25) is 14.9 Å². The Morgan fingerprint density at radius 1 is 1.16 bits per heavy atom. The first-order valence-electron chi connectivity index (χ1n) is 8.80. The van der Waals surface area contributed by atoms with Crippen LogP contribution in [0.2, 0.25) is 5.02 Å². The Hall–Kier alpha value is -3.47. The molecule has 1 amide bonds. The molecule has 2 N–H and O–H groups in total. The third kappa shape index (κ3) is 6.01. The van der Waals surface area contributed by atoms with Gasteiger partial charge >= 0.3 is 0 Å². The maximum absolute atomic E-state index is 12.4. The topological polar surface area (TPSA) is 132 Å². The average Bonchev–Trinajstić information content (AvgIpc) is 3.25. The number of furan rings is 1. The van der Waals surface area contributed by atoms with Crippen LogP contribution in [0.1, 0.15) is 11.3 Å². The number of sulfonamides is 1. The van der Waals surface area contributed by atoms with Gasteiger partial charge in [0.2, 0.25) is 15.9 Å². The lowest BCUT2D eigenvalue weighted by molar-refractivity contribution is -0.384. The van der Waals surface area contributed by atoms with Gasteiger partial charge in [0.1, 0.15) is 10.8 Å². The third-order valence-electron chi connectivity index (χ3n) is 4.02. The third-order valence-corrected chi connectivity index (χ3v) is 5.74. The van der Waals surface area contributed by atoms with Gasteiger partial charge in [0.05, 0.1) is 22.6 Å². The van der Waals surface area contributed by atoms with Crippen molar-refractivity contribution < 1.29 is 22.6 Å². The molecule has 0 aliphatic carbocycles. The van der Waals surface area contributed by atoms with Gasteiger partial charge in [0.25, 0.3) is 5.69 Å². The van der Waals surface area contributed by atoms with Gasteiger partial charge in [0, 0.05) is 17.8 Å². The minimum absolute atomic E-state index is 0.00900. The first kappa shape index (κ1) is 22.2. The molecule has 0 unspecified atom stereocenters. The number of halogens is 1. The summed E-state index contributed by atoms with van der Waals surface area (Å²) in [5.74, 6) is -0.0868. The molecule has 2 aromatic carbocycles. The molecule has 160 valence electrons. The molecule has 3 aromatic rings. The monoisotopic (exact) mass is 461 g/mol. The van der Waals surface area contributed by atoms with E-state index in [9.17, 15) is 23.3 Å². The maximum Gasteiger partial charge on any atom is 0.288 e. The first-order chi connectivity index (χ1) is 14.7. The average molecular weight is 462 g/mol. The van der Waals surface area contributed by atoms with E-state index in [0.717, 1.165) is 0 Å². The highest BCUT2D eigenvalue weighted by molar-refractivity contribution is 7.89. The van der Waals surface area contributed by atoms with Crippen molar-refractivity contribution in [1.82, 2.24) is 4.72 Å². The highest BCUT2D eigenvalue weighted by Crippen LogP contribution is 2.25. The predicted octanol–water partition coefficient (Wildman–Crippen LogP) is 3.97. The predicted molar refractivity (Wildman–Crippen MR) is 115 cm³/mol. The lowest BCUT2D eigenvalue weighted by Crippen LogP contribution is -2.23. The minimum Gasteiger partial charge on any atom is -0.468 e. The second-order valence-electron chi connectivity index (χ2n) is 6.22. The summed E-state index contributed by atoms with van der Waals surface area (Å²) in [7, 11) is -3.82. The Labute approximate surface area is 182 Å². The SMILES string of the molecule is O=C(/C=C/c1ccc(Cl)c([N+](=O)[O-])c1)Nc1cccc(S(=O)(=O)NCc2ccco2)c1. The Morgan fingerprint density at radius 3 is 2.68 bits per heavy atom. The molecule has 3 rings (SSSR count). The number of carbonyl (C=O) groups excluding carboxylic acids is 1. The number of nitro groups is 1. The number of hydrogen-bond acceptors (Lipinski definition) is 6. The number of benzene rings is 2. The zero-order valence-corrected chi connectivity index (χ0v) is 17.4. The number of carbonyl (C=O) groups is 1. The summed E-state index contributed by atoms with van der Waals surface area (Å²) < 4.78 is 32.4. The van der Waals surface area contributed by atoms with Gasteiger partial charge in [-0.05, 0) is 48.0 Å². The highest BCUT2D eigenvalue weighted by Gasteiger charge is 2.15. The normalized spacial score (nSPS) is 11.5. The van der Waals surface area contributed by atoms with Crippen LogP contribution in [0.4, 0.5) is 11.4 Å². The van der Waals surface area contributed by atoms with E-state index < -0.39 is 20.9 Å². The Balaban J connectivity index is 1.67. The molecule has 0 saturated carbocycles. The molecule has 0 bridgehead atoms. The number of nitrogens with zero attached hydrogens (tertiary/aromatic N) is 1. The summed E-state index contributed by atoms with van der Waals surface area (Å²) in [6, 6.07) is 13.1. The zero-order valence-electron chi connectivity index (χ0n) is 15.8. The first-order valence-corrected chi connectivity index (χ1v) is 10.7. The van der Waals surface area contributed by atoms with Crippen LogP contribution in [0.15, 0.2) is 76.2 Å². The Kier molecular flexibility index (Phi) is 6.85. The van der Waals surface area contributed by atoms with Gasteiger partial charge in [-0.2, -0.15) is 0 Å². The Morgan fingerprint density at radius 2 is 1.97 bits per heavy atom. The lowest BCUT2D eigenvalue weighted by atomic mass is 10.2. The van der Waals surface area contributed by atoms with Crippen molar-refractivity contribution in [2.45, 2.75) is 11.4 Å². The summed E-state index contributed by atoms with van der Waals surface area (Å²) in [5, 5.41) is 13.5. The molecule has 31 heavy (non-hydrogen) atoms. The van der Waals surface area contributed by atoms with Crippen molar-refractivity contribution in [2.75, 3.05) is 5.32 Å². The summed E-state index contributed by atoms with van der Waals surface area (Å²) in [6.07, 6.45) is 3.99. The van der Waals surface area contributed by atoms with E-state index in [2.05, 4.69) is 10.0 Å². The van der Waals surface area contributed by atoms with E-state index in [1.54, 1.807) is 12.1 Å². The van der Waals surface area contributed by atoms with Crippen molar-refractivity contribution >= 4 is 45.0 Å². The molecular formula is C20H16ClN3O6S. The number of nitro benzene ring substituents is 1. The molecule has 0 saturated heterocycles. The molecule has 0 aliphatic heterocycles. The van der Waals surface area contributed by atoms with Crippen molar-refractivity contribution in [2.24, 2.45) is 0 Å². The minimum atomic E-state index is -3.82. The van der Waals surface area contributed by atoms with Crippen molar-refractivity contribution in [3.05, 3.63) is 93.4 Å². The lowest BCUT2D eigenvalue weighted by Gasteiger charge is -2.08. The van der Waals surface area contributed by atoms with Crippen LogP contribution in [0.3, 0.4) is 0 Å². The van der Waals surface area contributed by atoms with Crippen LogP contribution in [0.5, 0.6) is 0 Å². The van der Waals surface area contributed by atoms with Crippen LogP contribution in [-0.4, -0.2) is 19.2 Å². The Bertz CT molecular complexity index is 1240. The smallest absolute Gasteiger partial charge is 0.288 e. The number of nitrogens with one attached hydrogen (secondary N) is 2. The molecule has 0 radical (unpaired) electrons. The second-order valence-corrected chi connectivity index (χ2v) is 8.40. The number of hydrogen-bond donors (Lipinski definition) is 2. The van der Waals surface area contributed by atoms with Crippen LogP contribution in [-0.2, 0) is 21.4 Å². The van der Waals surface area contributed by atoms with Crippen molar-refractivity contribution in [3.8, 4) is 0 Å². The van der Waals surface area contributed by atoms with E-state index in [0.29, 0.717) is 11.3 Å². The fourth-order valence-corrected chi connectivity index (χ4v) is 3.76. The van der Waals surface area contributed by atoms with E-state index in [4.69, 9.17) is 16.0 Å². The maximum atomic E-state index is 12.4. The molecule has 0 fully saturated rings.